The summed E-state index contributed by atoms with van der Waals surface area (Å²) in [6.07, 6.45) is 1.92. The van der Waals surface area contributed by atoms with Crippen LogP contribution < -0.4 is 5.32 Å². The SMILES string of the molecule is CCCCOCC(=O)NC[C@@H](C(=O)O)c1ccccc1. The van der Waals surface area contributed by atoms with Crippen molar-refractivity contribution in [2.45, 2.75) is 25.7 Å². The summed E-state index contributed by atoms with van der Waals surface area (Å²) in [4.78, 5) is 22.8. The molecule has 0 heterocycles. The first-order valence-electron chi connectivity index (χ1n) is 6.77. The van der Waals surface area contributed by atoms with Crippen molar-refractivity contribution in [2.24, 2.45) is 0 Å². The number of aliphatic carboxylic acids is 1. The predicted molar refractivity (Wildman–Crippen MR) is 75.6 cm³/mol. The van der Waals surface area contributed by atoms with E-state index in [9.17, 15) is 14.7 Å². The maximum Gasteiger partial charge on any atom is 0.312 e. The lowest BCUT2D eigenvalue weighted by Gasteiger charge is -2.13. The van der Waals surface area contributed by atoms with Gasteiger partial charge in [-0.05, 0) is 12.0 Å². The Bertz CT molecular complexity index is 419. The number of hydrogen-bond acceptors (Lipinski definition) is 3. The topological polar surface area (TPSA) is 75.6 Å². The Kier molecular flexibility index (Phi) is 7.35. The second-order valence-corrected chi connectivity index (χ2v) is 4.51. The number of benzene rings is 1. The van der Waals surface area contributed by atoms with E-state index in [-0.39, 0.29) is 19.1 Å². The van der Waals surface area contributed by atoms with E-state index in [1.165, 1.54) is 0 Å². The van der Waals surface area contributed by atoms with Crippen molar-refractivity contribution in [1.29, 1.82) is 0 Å². The number of unbranched alkanes of at least 4 members (excludes halogenated alkanes) is 1. The molecule has 0 aromatic heterocycles. The molecule has 0 radical (unpaired) electrons. The summed E-state index contributed by atoms with van der Waals surface area (Å²) in [6, 6.07) is 8.86. The van der Waals surface area contributed by atoms with E-state index >= 15 is 0 Å². The Labute approximate surface area is 118 Å². The molecule has 1 amide bonds. The second-order valence-electron chi connectivity index (χ2n) is 4.51. The Morgan fingerprint density at radius 2 is 2.00 bits per heavy atom. The van der Waals surface area contributed by atoms with E-state index in [1.54, 1.807) is 24.3 Å². The van der Waals surface area contributed by atoms with Gasteiger partial charge in [-0.15, -0.1) is 0 Å². The summed E-state index contributed by atoms with van der Waals surface area (Å²) >= 11 is 0. The molecule has 2 N–H and O–H groups in total. The van der Waals surface area contributed by atoms with Crippen LogP contribution in [0.2, 0.25) is 0 Å². The fourth-order valence-electron chi connectivity index (χ4n) is 1.71. The molecule has 0 fully saturated rings. The van der Waals surface area contributed by atoms with Crippen molar-refractivity contribution in [3.05, 3.63) is 35.9 Å². The summed E-state index contributed by atoms with van der Waals surface area (Å²) in [5.41, 5.74) is 0.673. The Hall–Kier alpha value is -1.88. The van der Waals surface area contributed by atoms with E-state index < -0.39 is 11.9 Å². The zero-order valence-corrected chi connectivity index (χ0v) is 11.7. The number of rotatable bonds is 9. The Morgan fingerprint density at radius 3 is 2.60 bits per heavy atom. The van der Waals surface area contributed by atoms with Crippen LogP contribution in [0.3, 0.4) is 0 Å². The second kappa shape index (κ2) is 9.09. The lowest BCUT2D eigenvalue weighted by Crippen LogP contribution is -2.34. The van der Waals surface area contributed by atoms with Crippen LogP contribution in [0.5, 0.6) is 0 Å². The normalized spacial score (nSPS) is 11.8. The Balaban J connectivity index is 2.40. The largest absolute Gasteiger partial charge is 0.481 e. The van der Waals surface area contributed by atoms with Crippen molar-refractivity contribution < 1.29 is 19.4 Å². The number of nitrogens with one attached hydrogen (secondary N) is 1. The first kappa shape index (κ1) is 16.2. The first-order valence-corrected chi connectivity index (χ1v) is 6.77. The summed E-state index contributed by atoms with van der Waals surface area (Å²) in [5, 5.41) is 11.8. The number of carboxylic acid groups (broad SMARTS) is 1. The minimum atomic E-state index is -0.955. The number of ether oxygens (including phenoxy) is 1. The number of carboxylic acids is 1. The maximum absolute atomic E-state index is 11.5. The molecule has 1 atom stereocenters. The molecule has 0 unspecified atom stereocenters. The van der Waals surface area contributed by atoms with Gasteiger partial charge in [-0.25, -0.2) is 0 Å². The predicted octanol–water partition coefficient (Wildman–Crippen LogP) is 1.79. The van der Waals surface area contributed by atoms with Crippen molar-refractivity contribution in [3.63, 3.8) is 0 Å². The third-order valence-electron chi connectivity index (χ3n) is 2.88. The average molecular weight is 279 g/mol. The minimum absolute atomic E-state index is 0.0267. The highest BCUT2D eigenvalue weighted by Crippen LogP contribution is 2.14. The summed E-state index contributed by atoms with van der Waals surface area (Å²) < 4.78 is 5.17. The van der Waals surface area contributed by atoms with Gasteiger partial charge in [-0.3, -0.25) is 9.59 Å². The molecule has 1 aromatic carbocycles. The molecule has 0 aliphatic rings. The lowest BCUT2D eigenvalue weighted by molar-refractivity contribution is -0.138. The standard InChI is InChI=1S/C15H21NO4/c1-2-3-9-20-11-14(17)16-10-13(15(18)19)12-7-5-4-6-8-12/h4-8,13H,2-3,9-11H2,1H3,(H,16,17)(H,18,19)/t13-/m1/s1. The molecular weight excluding hydrogens is 258 g/mol. The highest BCUT2D eigenvalue weighted by atomic mass is 16.5. The van der Waals surface area contributed by atoms with Crippen LogP contribution in [-0.4, -0.2) is 36.7 Å². The van der Waals surface area contributed by atoms with E-state index in [1.807, 2.05) is 13.0 Å². The fraction of sp³-hybridized carbons (Fsp3) is 0.467. The zero-order valence-electron chi connectivity index (χ0n) is 11.7. The van der Waals surface area contributed by atoms with Gasteiger partial charge < -0.3 is 15.2 Å². The number of carbonyl (C=O) groups excluding carboxylic acids is 1. The third-order valence-corrected chi connectivity index (χ3v) is 2.88. The zero-order chi connectivity index (χ0) is 14.8. The van der Waals surface area contributed by atoms with E-state index in [2.05, 4.69) is 5.32 Å². The van der Waals surface area contributed by atoms with Gasteiger partial charge in [0, 0.05) is 13.2 Å². The van der Waals surface area contributed by atoms with Gasteiger partial charge >= 0.3 is 5.97 Å². The molecule has 5 nitrogen and oxygen atoms in total. The lowest BCUT2D eigenvalue weighted by atomic mass is 9.99. The number of hydrogen-bond donors (Lipinski definition) is 2. The third kappa shape index (κ3) is 5.84. The van der Waals surface area contributed by atoms with Gasteiger partial charge in [-0.1, -0.05) is 43.7 Å². The van der Waals surface area contributed by atoms with Crippen molar-refractivity contribution in [3.8, 4) is 0 Å². The summed E-state index contributed by atoms with van der Waals surface area (Å²) in [5.74, 6) is -1.98. The molecular formula is C15H21NO4. The molecule has 0 saturated carbocycles. The minimum Gasteiger partial charge on any atom is -0.481 e. The Morgan fingerprint density at radius 1 is 1.30 bits per heavy atom. The van der Waals surface area contributed by atoms with Crippen LogP contribution in [-0.2, 0) is 14.3 Å². The van der Waals surface area contributed by atoms with Crippen molar-refractivity contribution in [1.82, 2.24) is 5.32 Å². The monoisotopic (exact) mass is 279 g/mol. The molecule has 0 aliphatic carbocycles. The average Bonchev–Trinajstić information content (AvgIpc) is 2.44. The molecule has 1 rings (SSSR count). The van der Waals surface area contributed by atoms with E-state index in [0.717, 1.165) is 12.8 Å². The van der Waals surface area contributed by atoms with Gasteiger partial charge in [0.1, 0.15) is 6.61 Å². The summed E-state index contributed by atoms with van der Waals surface area (Å²) in [7, 11) is 0. The van der Waals surface area contributed by atoms with Gasteiger partial charge in [0.2, 0.25) is 5.91 Å². The molecule has 110 valence electrons. The molecule has 5 heteroatoms. The molecule has 20 heavy (non-hydrogen) atoms. The van der Waals surface area contributed by atoms with E-state index in [4.69, 9.17) is 4.74 Å². The molecule has 0 saturated heterocycles. The van der Waals surface area contributed by atoms with Crippen LogP contribution in [0.25, 0.3) is 0 Å². The highest BCUT2D eigenvalue weighted by Gasteiger charge is 2.20. The number of amides is 1. The van der Waals surface area contributed by atoms with E-state index in [0.29, 0.717) is 12.2 Å². The smallest absolute Gasteiger partial charge is 0.312 e. The van der Waals surface area contributed by atoms with Crippen molar-refractivity contribution in [2.75, 3.05) is 19.8 Å². The van der Waals surface area contributed by atoms with Crippen LogP contribution >= 0.6 is 0 Å². The molecule has 1 aromatic rings. The maximum atomic E-state index is 11.5. The molecule has 0 spiro atoms. The van der Waals surface area contributed by atoms with Crippen molar-refractivity contribution >= 4 is 11.9 Å². The quantitative estimate of drug-likeness (QED) is 0.676. The summed E-state index contributed by atoms with van der Waals surface area (Å²) in [6.45, 7) is 2.63. The van der Waals surface area contributed by atoms with Crippen LogP contribution in [0.15, 0.2) is 30.3 Å². The first-order chi connectivity index (χ1) is 9.65. The molecule has 0 bridgehead atoms. The van der Waals surface area contributed by atoms with Gasteiger partial charge in [0.15, 0.2) is 0 Å². The highest BCUT2D eigenvalue weighted by molar-refractivity contribution is 5.80. The number of carbonyl (C=O) groups is 2. The van der Waals surface area contributed by atoms with Gasteiger partial charge in [0.25, 0.3) is 0 Å². The van der Waals surface area contributed by atoms with Gasteiger partial charge in [-0.2, -0.15) is 0 Å². The van der Waals surface area contributed by atoms with Crippen LogP contribution in [0, 0.1) is 0 Å². The van der Waals surface area contributed by atoms with Gasteiger partial charge in [0.05, 0.1) is 5.92 Å². The van der Waals surface area contributed by atoms with Crippen LogP contribution in [0.4, 0.5) is 0 Å². The van der Waals surface area contributed by atoms with Crippen LogP contribution in [0.1, 0.15) is 31.2 Å². The molecule has 0 aliphatic heterocycles. The fourth-order valence-corrected chi connectivity index (χ4v) is 1.71.